The third-order valence-electron chi connectivity index (χ3n) is 4.22. The molecule has 0 aromatic carbocycles. The molecule has 0 aliphatic rings. The first-order valence-electron chi connectivity index (χ1n) is 8.97. The molecule has 0 bridgehead atoms. The van der Waals surface area contributed by atoms with Crippen LogP contribution in [0.1, 0.15) is 15.7 Å². The lowest BCUT2D eigenvalue weighted by Gasteiger charge is -2.10. The number of fused-ring (bicyclic) bond motifs is 1. The Kier molecular flexibility index (Phi) is 7.56. The van der Waals surface area contributed by atoms with E-state index in [1.807, 2.05) is 35.7 Å². The van der Waals surface area contributed by atoms with Gasteiger partial charge in [-0.1, -0.05) is 6.07 Å². The molecular formula is C19H22IN7S2. The standard InChI is InChI=1S/C19H21N7S2.HI/c1-13-23-15(12-27-13)16-7-6-14(28-16)8-9-21-19(20-2)22-11-18-25-24-17-5-3-4-10-26(17)18;/h3-7,10,12H,8-9,11H2,1-2H3,(H2,20,21,22);1H. The average Bonchev–Trinajstić information content (AvgIpc) is 3.44. The highest BCUT2D eigenvalue weighted by Gasteiger charge is 2.08. The molecule has 4 rings (SSSR count). The van der Waals surface area contributed by atoms with Gasteiger partial charge in [-0.2, -0.15) is 0 Å². The van der Waals surface area contributed by atoms with Crippen molar-refractivity contribution in [3.8, 4) is 10.6 Å². The Hall–Kier alpha value is -2.05. The first kappa shape index (κ1) is 21.7. The topological polar surface area (TPSA) is 79.5 Å². The second-order valence-electron chi connectivity index (χ2n) is 6.17. The fourth-order valence-electron chi connectivity index (χ4n) is 2.83. The quantitative estimate of drug-likeness (QED) is 0.222. The summed E-state index contributed by atoms with van der Waals surface area (Å²) < 4.78 is 1.97. The van der Waals surface area contributed by atoms with Crippen molar-refractivity contribution in [3.05, 3.63) is 57.6 Å². The van der Waals surface area contributed by atoms with Gasteiger partial charge in [-0.15, -0.1) is 56.8 Å². The third kappa shape index (κ3) is 5.31. The maximum atomic E-state index is 4.56. The number of nitrogens with zero attached hydrogens (tertiary/aromatic N) is 5. The summed E-state index contributed by atoms with van der Waals surface area (Å²) in [6.07, 6.45) is 2.89. The minimum Gasteiger partial charge on any atom is -0.356 e. The van der Waals surface area contributed by atoms with Crippen molar-refractivity contribution in [1.82, 2.24) is 30.2 Å². The number of rotatable bonds is 6. The smallest absolute Gasteiger partial charge is 0.191 e. The molecule has 2 N–H and O–H groups in total. The van der Waals surface area contributed by atoms with Crippen LogP contribution in [-0.4, -0.2) is 39.1 Å². The number of hydrogen-bond acceptors (Lipinski definition) is 6. The Bertz CT molecular complexity index is 1100. The zero-order chi connectivity index (χ0) is 19.3. The van der Waals surface area contributed by atoms with Gasteiger partial charge in [-0.05, 0) is 37.6 Å². The van der Waals surface area contributed by atoms with Crippen LogP contribution < -0.4 is 10.6 Å². The Morgan fingerprint density at radius 3 is 2.86 bits per heavy atom. The molecular weight excluding hydrogens is 517 g/mol. The maximum Gasteiger partial charge on any atom is 0.191 e. The highest BCUT2D eigenvalue weighted by molar-refractivity contribution is 14.0. The van der Waals surface area contributed by atoms with Gasteiger partial charge in [0.05, 0.1) is 22.1 Å². The number of halogens is 1. The molecule has 0 fully saturated rings. The summed E-state index contributed by atoms with van der Waals surface area (Å²) in [5.41, 5.74) is 1.91. The van der Waals surface area contributed by atoms with E-state index in [2.05, 4.69) is 48.3 Å². The molecule has 152 valence electrons. The summed E-state index contributed by atoms with van der Waals surface area (Å²) in [5, 5.41) is 18.3. The first-order valence-corrected chi connectivity index (χ1v) is 10.7. The van der Waals surface area contributed by atoms with Gasteiger partial charge in [0.1, 0.15) is 0 Å². The fraction of sp³-hybridized carbons (Fsp3) is 0.263. The number of thiophene rings is 1. The minimum atomic E-state index is 0. The van der Waals surface area contributed by atoms with E-state index in [9.17, 15) is 0 Å². The van der Waals surface area contributed by atoms with E-state index < -0.39 is 0 Å². The van der Waals surface area contributed by atoms with Crippen molar-refractivity contribution < 1.29 is 0 Å². The van der Waals surface area contributed by atoms with Gasteiger partial charge in [0.15, 0.2) is 17.4 Å². The molecule has 4 heterocycles. The number of pyridine rings is 1. The number of aryl methyl sites for hydroxylation is 1. The molecule has 10 heteroatoms. The van der Waals surface area contributed by atoms with E-state index in [0.717, 1.165) is 41.1 Å². The molecule has 29 heavy (non-hydrogen) atoms. The van der Waals surface area contributed by atoms with Crippen LogP contribution >= 0.6 is 46.7 Å². The predicted octanol–water partition coefficient (Wildman–Crippen LogP) is 3.75. The van der Waals surface area contributed by atoms with Crippen LogP contribution in [0.4, 0.5) is 0 Å². The number of aromatic nitrogens is 4. The summed E-state index contributed by atoms with van der Waals surface area (Å²) in [5.74, 6) is 1.60. The van der Waals surface area contributed by atoms with E-state index in [4.69, 9.17) is 0 Å². The molecule has 4 aromatic heterocycles. The molecule has 0 saturated heterocycles. The van der Waals surface area contributed by atoms with Crippen LogP contribution in [0.15, 0.2) is 46.9 Å². The van der Waals surface area contributed by atoms with Gasteiger partial charge in [-0.25, -0.2) is 4.98 Å². The highest BCUT2D eigenvalue weighted by atomic mass is 127. The lowest BCUT2D eigenvalue weighted by molar-refractivity contribution is 0.759. The zero-order valence-electron chi connectivity index (χ0n) is 16.1. The van der Waals surface area contributed by atoms with Crippen molar-refractivity contribution >= 4 is 58.3 Å². The van der Waals surface area contributed by atoms with E-state index in [1.165, 1.54) is 9.75 Å². The molecule has 0 amide bonds. The van der Waals surface area contributed by atoms with E-state index >= 15 is 0 Å². The van der Waals surface area contributed by atoms with Crippen molar-refractivity contribution in [2.24, 2.45) is 4.99 Å². The summed E-state index contributed by atoms with van der Waals surface area (Å²) in [4.78, 5) is 11.4. The van der Waals surface area contributed by atoms with Crippen LogP contribution in [0.5, 0.6) is 0 Å². The van der Waals surface area contributed by atoms with E-state index in [0.29, 0.717) is 6.54 Å². The molecule has 0 atom stereocenters. The highest BCUT2D eigenvalue weighted by Crippen LogP contribution is 2.29. The van der Waals surface area contributed by atoms with Gasteiger partial charge in [0.2, 0.25) is 0 Å². The van der Waals surface area contributed by atoms with Crippen molar-refractivity contribution in [2.75, 3.05) is 13.6 Å². The van der Waals surface area contributed by atoms with Gasteiger partial charge in [-0.3, -0.25) is 9.39 Å². The molecule has 0 unspecified atom stereocenters. The number of thiazole rings is 1. The number of guanidine groups is 1. The van der Waals surface area contributed by atoms with Gasteiger partial charge in [0, 0.05) is 30.0 Å². The Labute approximate surface area is 194 Å². The molecule has 7 nitrogen and oxygen atoms in total. The van der Waals surface area contributed by atoms with Crippen LogP contribution in [0.3, 0.4) is 0 Å². The Morgan fingerprint density at radius 1 is 1.17 bits per heavy atom. The first-order chi connectivity index (χ1) is 13.7. The summed E-state index contributed by atoms with van der Waals surface area (Å²) in [7, 11) is 1.77. The lowest BCUT2D eigenvalue weighted by Crippen LogP contribution is -2.38. The molecule has 0 radical (unpaired) electrons. The fourth-order valence-corrected chi connectivity index (χ4v) is 4.48. The normalized spacial score (nSPS) is 11.4. The maximum absolute atomic E-state index is 4.56. The van der Waals surface area contributed by atoms with Gasteiger partial charge >= 0.3 is 0 Å². The SMILES string of the molecule is CN=C(NCCc1ccc(-c2csc(C)n2)s1)NCc1nnc2ccccn12.I. The minimum absolute atomic E-state index is 0. The van der Waals surface area contributed by atoms with Crippen molar-refractivity contribution in [1.29, 1.82) is 0 Å². The van der Waals surface area contributed by atoms with Crippen LogP contribution in [0, 0.1) is 6.92 Å². The summed E-state index contributed by atoms with van der Waals surface area (Å²) in [6, 6.07) is 10.2. The second kappa shape index (κ2) is 10.1. The van der Waals surface area contributed by atoms with Gasteiger partial charge in [0.25, 0.3) is 0 Å². The van der Waals surface area contributed by atoms with Crippen molar-refractivity contribution in [2.45, 2.75) is 19.9 Å². The number of hydrogen-bond donors (Lipinski definition) is 2. The third-order valence-corrected chi connectivity index (χ3v) is 6.16. The molecule has 0 aliphatic heterocycles. The van der Waals surface area contributed by atoms with E-state index in [1.54, 1.807) is 29.7 Å². The Balaban J connectivity index is 0.00000240. The molecule has 0 spiro atoms. The molecule has 4 aromatic rings. The predicted molar refractivity (Wildman–Crippen MR) is 130 cm³/mol. The van der Waals surface area contributed by atoms with Gasteiger partial charge < -0.3 is 10.6 Å². The molecule has 0 aliphatic carbocycles. The summed E-state index contributed by atoms with van der Waals surface area (Å²) >= 11 is 3.48. The average molecular weight is 539 g/mol. The van der Waals surface area contributed by atoms with Crippen molar-refractivity contribution in [3.63, 3.8) is 0 Å². The van der Waals surface area contributed by atoms with Crippen LogP contribution in [-0.2, 0) is 13.0 Å². The monoisotopic (exact) mass is 539 g/mol. The number of aliphatic imine (C=N–C) groups is 1. The number of nitrogens with one attached hydrogen (secondary N) is 2. The van der Waals surface area contributed by atoms with E-state index in [-0.39, 0.29) is 24.0 Å². The van der Waals surface area contributed by atoms with Crippen LogP contribution in [0.2, 0.25) is 0 Å². The largest absolute Gasteiger partial charge is 0.356 e. The van der Waals surface area contributed by atoms with Crippen LogP contribution in [0.25, 0.3) is 16.2 Å². The lowest BCUT2D eigenvalue weighted by atomic mass is 10.3. The zero-order valence-corrected chi connectivity index (χ0v) is 20.1. The summed E-state index contributed by atoms with van der Waals surface area (Å²) in [6.45, 7) is 3.39. The second-order valence-corrected chi connectivity index (χ2v) is 8.40. The Morgan fingerprint density at radius 2 is 2.07 bits per heavy atom. The molecule has 0 saturated carbocycles.